The molecule has 0 aliphatic carbocycles. The molecule has 0 fully saturated rings. The lowest BCUT2D eigenvalue weighted by atomic mass is 10.1. The Hall–Kier alpha value is -2.54. The molecule has 2 amide bonds. The summed E-state index contributed by atoms with van der Waals surface area (Å²) in [6.45, 7) is 2.17. The largest absolute Gasteiger partial charge is 0.494 e. The molecular weight excluding hydrogens is 325 g/mol. The maximum absolute atomic E-state index is 13.8. The Balaban J connectivity index is 1.92. The predicted molar refractivity (Wildman–Crippen MR) is 93.0 cm³/mol. The van der Waals surface area contributed by atoms with Crippen LogP contribution in [0.15, 0.2) is 41.0 Å². The van der Waals surface area contributed by atoms with Crippen molar-refractivity contribution in [2.75, 3.05) is 27.7 Å². The summed E-state index contributed by atoms with van der Waals surface area (Å²) in [4.78, 5) is 14.1. The van der Waals surface area contributed by atoms with Crippen molar-refractivity contribution in [2.45, 2.75) is 19.0 Å². The molecule has 7 heteroatoms. The lowest BCUT2D eigenvalue weighted by Crippen LogP contribution is -2.41. The van der Waals surface area contributed by atoms with E-state index in [1.807, 2.05) is 31.1 Å². The predicted octanol–water partition coefficient (Wildman–Crippen LogP) is 3.09. The second-order valence-electron chi connectivity index (χ2n) is 5.96. The average molecular weight is 349 g/mol. The Morgan fingerprint density at radius 2 is 2.12 bits per heavy atom. The number of ether oxygens (including phenoxy) is 1. The van der Waals surface area contributed by atoms with Crippen LogP contribution < -0.4 is 15.4 Å². The Morgan fingerprint density at radius 1 is 1.36 bits per heavy atom. The molecule has 0 aliphatic heterocycles. The zero-order valence-electron chi connectivity index (χ0n) is 14.9. The van der Waals surface area contributed by atoms with Gasteiger partial charge in [0.1, 0.15) is 5.76 Å². The number of carbonyl (C=O) groups is 1. The Morgan fingerprint density at radius 3 is 2.68 bits per heavy atom. The summed E-state index contributed by atoms with van der Waals surface area (Å²) in [5.41, 5.74) is 0.656. The van der Waals surface area contributed by atoms with Crippen molar-refractivity contribution in [3.05, 3.63) is 53.7 Å². The second kappa shape index (κ2) is 8.53. The molecule has 2 unspecified atom stereocenters. The van der Waals surface area contributed by atoms with Gasteiger partial charge in [0, 0.05) is 6.54 Å². The highest BCUT2D eigenvalue weighted by atomic mass is 19.1. The molecule has 2 N–H and O–H groups in total. The van der Waals surface area contributed by atoms with Crippen LogP contribution in [0.5, 0.6) is 5.75 Å². The molecule has 0 saturated carbocycles. The summed E-state index contributed by atoms with van der Waals surface area (Å²) in [7, 11) is 5.23. The van der Waals surface area contributed by atoms with Gasteiger partial charge >= 0.3 is 6.03 Å². The Bertz CT molecular complexity index is 689. The van der Waals surface area contributed by atoms with Crippen molar-refractivity contribution in [2.24, 2.45) is 0 Å². The number of carbonyl (C=O) groups excluding carboxylic acids is 1. The molecule has 2 aromatic rings. The summed E-state index contributed by atoms with van der Waals surface area (Å²) in [5.74, 6) is 0.489. The summed E-state index contributed by atoms with van der Waals surface area (Å²) < 4.78 is 24.1. The van der Waals surface area contributed by atoms with E-state index in [0.29, 0.717) is 12.1 Å². The first-order valence-electron chi connectivity index (χ1n) is 8.00. The van der Waals surface area contributed by atoms with Gasteiger partial charge in [0.2, 0.25) is 0 Å². The van der Waals surface area contributed by atoms with Crippen LogP contribution in [0.1, 0.15) is 30.3 Å². The van der Waals surface area contributed by atoms with E-state index in [1.54, 1.807) is 25.3 Å². The number of hydrogen-bond donors (Lipinski definition) is 2. The van der Waals surface area contributed by atoms with E-state index in [0.717, 1.165) is 5.76 Å². The number of halogens is 1. The number of nitrogens with zero attached hydrogens (tertiary/aromatic N) is 1. The van der Waals surface area contributed by atoms with Gasteiger partial charge in [0.05, 0.1) is 25.5 Å². The number of benzene rings is 1. The Kier molecular flexibility index (Phi) is 6.41. The number of urea groups is 1. The van der Waals surface area contributed by atoms with Crippen LogP contribution in [0, 0.1) is 5.82 Å². The fourth-order valence-electron chi connectivity index (χ4n) is 2.49. The zero-order valence-corrected chi connectivity index (χ0v) is 14.9. The molecule has 1 aromatic carbocycles. The zero-order chi connectivity index (χ0) is 18.4. The molecular formula is C18H24FN3O3. The highest BCUT2D eigenvalue weighted by Gasteiger charge is 2.18. The van der Waals surface area contributed by atoms with Gasteiger partial charge in [0.25, 0.3) is 0 Å². The number of likely N-dealkylation sites (N-methyl/N-ethyl adjacent to an activating group) is 1. The van der Waals surface area contributed by atoms with E-state index in [1.165, 1.54) is 13.2 Å². The fraction of sp³-hybridized carbons (Fsp3) is 0.389. The van der Waals surface area contributed by atoms with Gasteiger partial charge in [-0.25, -0.2) is 9.18 Å². The average Bonchev–Trinajstić information content (AvgIpc) is 3.08. The topological polar surface area (TPSA) is 66.7 Å². The van der Waals surface area contributed by atoms with Gasteiger partial charge in [-0.1, -0.05) is 6.07 Å². The maximum atomic E-state index is 13.8. The van der Waals surface area contributed by atoms with Gasteiger partial charge in [-0.05, 0) is 50.8 Å². The van der Waals surface area contributed by atoms with E-state index in [9.17, 15) is 9.18 Å². The molecule has 0 bridgehead atoms. The minimum atomic E-state index is -0.459. The van der Waals surface area contributed by atoms with Crippen LogP contribution in [-0.2, 0) is 0 Å². The summed E-state index contributed by atoms with van der Waals surface area (Å²) in [5, 5.41) is 5.61. The molecule has 0 aliphatic rings. The standard InChI is InChI=1S/C18H24FN3O3/c1-12(13-7-8-16(24-4)14(19)10-13)21-18(23)20-11-15(22(2)3)17-6-5-9-25-17/h5-10,12,15H,11H2,1-4H3,(H2,20,21,23). The highest BCUT2D eigenvalue weighted by Crippen LogP contribution is 2.22. The minimum absolute atomic E-state index is 0.0745. The lowest BCUT2D eigenvalue weighted by molar-refractivity contribution is 0.223. The molecule has 0 saturated heterocycles. The third-order valence-corrected chi connectivity index (χ3v) is 3.97. The fourth-order valence-corrected chi connectivity index (χ4v) is 2.49. The summed E-state index contributed by atoms with van der Waals surface area (Å²) in [6.07, 6.45) is 1.60. The quantitative estimate of drug-likeness (QED) is 0.806. The monoisotopic (exact) mass is 349 g/mol. The first-order valence-corrected chi connectivity index (χ1v) is 8.00. The van der Waals surface area contributed by atoms with E-state index in [2.05, 4.69) is 10.6 Å². The van der Waals surface area contributed by atoms with Crippen LogP contribution >= 0.6 is 0 Å². The third kappa shape index (κ3) is 4.96. The van der Waals surface area contributed by atoms with E-state index in [-0.39, 0.29) is 23.9 Å². The van der Waals surface area contributed by atoms with E-state index >= 15 is 0 Å². The molecule has 136 valence electrons. The van der Waals surface area contributed by atoms with Crippen molar-refractivity contribution in [3.63, 3.8) is 0 Å². The number of amides is 2. The first-order chi connectivity index (χ1) is 11.9. The van der Waals surface area contributed by atoms with Crippen molar-refractivity contribution in [3.8, 4) is 5.75 Å². The van der Waals surface area contributed by atoms with Crippen molar-refractivity contribution in [1.29, 1.82) is 0 Å². The van der Waals surface area contributed by atoms with Gasteiger partial charge < -0.3 is 19.8 Å². The van der Waals surface area contributed by atoms with Gasteiger partial charge in [-0.2, -0.15) is 0 Å². The maximum Gasteiger partial charge on any atom is 0.315 e. The molecule has 1 heterocycles. The van der Waals surface area contributed by atoms with Crippen LogP contribution in [0.2, 0.25) is 0 Å². The summed E-state index contributed by atoms with van der Waals surface area (Å²) >= 11 is 0. The number of rotatable bonds is 7. The molecule has 6 nitrogen and oxygen atoms in total. The molecule has 1 aromatic heterocycles. The number of hydrogen-bond acceptors (Lipinski definition) is 4. The SMILES string of the molecule is COc1ccc(C(C)NC(=O)NCC(c2ccco2)N(C)C)cc1F. The van der Waals surface area contributed by atoms with Crippen molar-refractivity contribution >= 4 is 6.03 Å². The normalized spacial score (nSPS) is 13.4. The molecule has 0 radical (unpaired) electrons. The molecule has 0 spiro atoms. The van der Waals surface area contributed by atoms with E-state index < -0.39 is 5.82 Å². The van der Waals surface area contributed by atoms with Crippen LogP contribution in [0.25, 0.3) is 0 Å². The third-order valence-electron chi connectivity index (χ3n) is 3.97. The van der Waals surface area contributed by atoms with Gasteiger partial charge in [0.15, 0.2) is 11.6 Å². The van der Waals surface area contributed by atoms with Crippen LogP contribution in [0.3, 0.4) is 0 Å². The second-order valence-corrected chi connectivity index (χ2v) is 5.96. The smallest absolute Gasteiger partial charge is 0.315 e. The van der Waals surface area contributed by atoms with Crippen LogP contribution in [0.4, 0.5) is 9.18 Å². The van der Waals surface area contributed by atoms with Crippen molar-refractivity contribution < 1.29 is 18.3 Å². The van der Waals surface area contributed by atoms with E-state index in [4.69, 9.17) is 9.15 Å². The Labute approximate surface area is 147 Å². The molecule has 2 rings (SSSR count). The van der Waals surface area contributed by atoms with Gasteiger partial charge in [-0.3, -0.25) is 4.90 Å². The van der Waals surface area contributed by atoms with Gasteiger partial charge in [-0.15, -0.1) is 0 Å². The van der Waals surface area contributed by atoms with Crippen molar-refractivity contribution in [1.82, 2.24) is 15.5 Å². The highest BCUT2D eigenvalue weighted by molar-refractivity contribution is 5.74. The minimum Gasteiger partial charge on any atom is -0.494 e. The number of furan rings is 1. The van der Waals surface area contributed by atoms with Crippen LogP contribution in [-0.4, -0.2) is 38.7 Å². The lowest BCUT2D eigenvalue weighted by Gasteiger charge is -2.23. The first kappa shape index (κ1) is 18.8. The molecule has 2 atom stereocenters. The number of nitrogens with one attached hydrogen (secondary N) is 2. The molecule has 25 heavy (non-hydrogen) atoms. The summed E-state index contributed by atoms with van der Waals surface area (Å²) in [6, 6.07) is 7.55. The number of methoxy groups -OCH3 is 1.